The fraction of sp³-hybridized carbons (Fsp3) is 0.188. The van der Waals surface area contributed by atoms with E-state index < -0.39 is 6.10 Å². The van der Waals surface area contributed by atoms with Crippen molar-refractivity contribution in [3.8, 4) is 5.75 Å². The van der Waals surface area contributed by atoms with Crippen LogP contribution in [0.15, 0.2) is 46.9 Å². The van der Waals surface area contributed by atoms with E-state index in [0.717, 1.165) is 10.0 Å². The van der Waals surface area contributed by atoms with E-state index in [1.54, 1.807) is 18.2 Å². The number of carbonyl (C=O) groups is 1. The molecule has 0 aliphatic carbocycles. The van der Waals surface area contributed by atoms with Gasteiger partial charge in [0.25, 0.3) is 5.91 Å². The Bertz CT molecular complexity index is 687. The first-order valence-corrected chi connectivity index (χ1v) is 7.43. The molecule has 0 spiro atoms. The van der Waals surface area contributed by atoms with Crippen molar-refractivity contribution in [1.82, 2.24) is 5.32 Å². The molecule has 2 N–H and O–H groups in total. The second kappa shape index (κ2) is 5.87. The molecule has 1 amide bonds. The molecule has 0 bridgehead atoms. The average Bonchev–Trinajstić information content (AvgIpc) is 2.69. The lowest BCUT2D eigenvalue weighted by Crippen LogP contribution is -2.24. The van der Waals surface area contributed by atoms with E-state index in [2.05, 4.69) is 21.2 Å². The molecule has 5 heteroatoms. The van der Waals surface area contributed by atoms with Crippen molar-refractivity contribution in [2.24, 2.45) is 0 Å². The van der Waals surface area contributed by atoms with Crippen LogP contribution in [-0.2, 0) is 0 Å². The minimum Gasteiger partial charge on any atom is -0.491 e. The number of carbonyl (C=O) groups excluding carboxylic acids is 1. The number of nitrogens with one attached hydrogen (secondary N) is 1. The third-order valence-electron chi connectivity index (χ3n) is 3.41. The Balaban J connectivity index is 2.00. The minimum absolute atomic E-state index is 0.177. The topological polar surface area (TPSA) is 58.6 Å². The Labute approximate surface area is 130 Å². The zero-order valence-corrected chi connectivity index (χ0v) is 12.8. The smallest absolute Gasteiger partial charge is 0.255 e. The van der Waals surface area contributed by atoms with Crippen LogP contribution in [-0.4, -0.2) is 24.2 Å². The number of rotatable bonds is 2. The van der Waals surface area contributed by atoms with Crippen LogP contribution in [0.2, 0.25) is 0 Å². The Morgan fingerprint density at radius 3 is 2.86 bits per heavy atom. The summed E-state index contributed by atoms with van der Waals surface area (Å²) in [5, 5.41) is 13.3. The van der Waals surface area contributed by atoms with Crippen LogP contribution in [0.5, 0.6) is 5.75 Å². The third-order valence-corrected chi connectivity index (χ3v) is 4.13. The van der Waals surface area contributed by atoms with Gasteiger partial charge in [-0.15, -0.1) is 0 Å². The number of hydrogen-bond donors (Lipinski definition) is 2. The lowest BCUT2D eigenvalue weighted by atomic mass is 9.99. The Kier molecular flexibility index (Phi) is 3.94. The second-order valence-corrected chi connectivity index (χ2v) is 5.64. The first-order valence-electron chi connectivity index (χ1n) is 6.64. The standard InChI is InChI=1S/C16H14BrNO3/c17-13-4-2-1-3-11(13)15(19)10-5-6-14-12(9-10)16(20)18-7-8-21-14/h1-6,9,15,19H,7-8H2,(H,18,20). The molecule has 1 aliphatic heterocycles. The largest absolute Gasteiger partial charge is 0.491 e. The number of aliphatic hydroxyl groups excluding tert-OH is 1. The first-order chi connectivity index (χ1) is 10.2. The Hall–Kier alpha value is -1.85. The molecule has 4 nitrogen and oxygen atoms in total. The van der Waals surface area contributed by atoms with Gasteiger partial charge in [-0.2, -0.15) is 0 Å². The fourth-order valence-electron chi connectivity index (χ4n) is 2.32. The van der Waals surface area contributed by atoms with Crippen LogP contribution < -0.4 is 10.1 Å². The predicted molar refractivity (Wildman–Crippen MR) is 82.5 cm³/mol. The van der Waals surface area contributed by atoms with E-state index in [0.29, 0.717) is 30.0 Å². The van der Waals surface area contributed by atoms with E-state index >= 15 is 0 Å². The van der Waals surface area contributed by atoms with Crippen LogP contribution in [0.3, 0.4) is 0 Å². The number of aliphatic hydroxyl groups is 1. The minimum atomic E-state index is -0.804. The molecule has 0 radical (unpaired) electrons. The zero-order chi connectivity index (χ0) is 14.8. The summed E-state index contributed by atoms with van der Waals surface area (Å²) in [5.41, 5.74) is 1.87. The molecule has 1 heterocycles. The quantitative estimate of drug-likeness (QED) is 0.877. The maximum atomic E-state index is 12.0. The highest BCUT2D eigenvalue weighted by Gasteiger charge is 2.20. The summed E-state index contributed by atoms with van der Waals surface area (Å²) in [7, 11) is 0. The number of hydrogen-bond acceptors (Lipinski definition) is 3. The van der Waals surface area contributed by atoms with Crippen LogP contribution >= 0.6 is 15.9 Å². The monoisotopic (exact) mass is 347 g/mol. The van der Waals surface area contributed by atoms with Gasteiger partial charge in [-0.25, -0.2) is 0 Å². The van der Waals surface area contributed by atoms with Gasteiger partial charge in [0.1, 0.15) is 18.5 Å². The van der Waals surface area contributed by atoms with Gasteiger partial charge in [0, 0.05) is 4.47 Å². The normalized spacial score (nSPS) is 15.4. The van der Waals surface area contributed by atoms with E-state index in [9.17, 15) is 9.90 Å². The molecule has 0 saturated heterocycles. The van der Waals surface area contributed by atoms with Crippen molar-refractivity contribution in [2.45, 2.75) is 6.10 Å². The molecular weight excluding hydrogens is 334 g/mol. The average molecular weight is 348 g/mol. The molecule has 1 aliphatic rings. The number of amides is 1. The van der Waals surface area contributed by atoms with Crippen LogP contribution in [0.4, 0.5) is 0 Å². The number of benzene rings is 2. The molecule has 0 saturated carbocycles. The fourth-order valence-corrected chi connectivity index (χ4v) is 2.82. The summed E-state index contributed by atoms with van der Waals surface area (Å²) in [5.74, 6) is 0.372. The van der Waals surface area contributed by atoms with Crippen LogP contribution in [0.25, 0.3) is 0 Å². The van der Waals surface area contributed by atoms with Gasteiger partial charge in [0.05, 0.1) is 12.1 Å². The van der Waals surface area contributed by atoms with Gasteiger partial charge in [0.15, 0.2) is 0 Å². The van der Waals surface area contributed by atoms with Crippen molar-refractivity contribution in [2.75, 3.05) is 13.2 Å². The van der Waals surface area contributed by atoms with E-state index in [-0.39, 0.29) is 5.91 Å². The first kappa shape index (κ1) is 14.1. The number of ether oxygens (including phenoxy) is 1. The second-order valence-electron chi connectivity index (χ2n) is 4.78. The summed E-state index contributed by atoms with van der Waals surface area (Å²) in [6, 6.07) is 12.7. The van der Waals surface area contributed by atoms with Crippen LogP contribution in [0, 0.1) is 0 Å². The highest BCUT2D eigenvalue weighted by molar-refractivity contribution is 9.10. The molecule has 21 heavy (non-hydrogen) atoms. The highest BCUT2D eigenvalue weighted by Crippen LogP contribution is 2.31. The van der Waals surface area contributed by atoms with Gasteiger partial charge in [0.2, 0.25) is 0 Å². The summed E-state index contributed by atoms with van der Waals surface area (Å²) in [6.45, 7) is 0.931. The van der Waals surface area contributed by atoms with Crippen molar-refractivity contribution in [3.05, 3.63) is 63.6 Å². The molecule has 1 atom stereocenters. The van der Waals surface area contributed by atoms with Crippen molar-refractivity contribution >= 4 is 21.8 Å². The van der Waals surface area contributed by atoms with Gasteiger partial charge in [-0.3, -0.25) is 4.79 Å². The predicted octanol–water partition coefficient (Wildman–Crippen LogP) is 2.65. The highest BCUT2D eigenvalue weighted by atomic mass is 79.9. The SMILES string of the molecule is O=C1NCCOc2ccc(C(O)c3ccccc3Br)cc21. The number of halogens is 1. The maximum absolute atomic E-state index is 12.0. The number of fused-ring (bicyclic) bond motifs is 1. The molecule has 3 rings (SSSR count). The lowest BCUT2D eigenvalue weighted by Gasteiger charge is -2.15. The molecule has 2 aromatic rings. The van der Waals surface area contributed by atoms with Crippen molar-refractivity contribution in [3.63, 3.8) is 0 Å². The van der Waals surface area contributed by atoms with Gasteiger partial charge in [-0.1, -0.05) is 40.2 Å². The van der Waals surface area contributed by atoms with Gasteiger partial charge < -0.3 is 15.2 Å². The maximum Gasteiger partial charge on any atom is 0.255 e. The molecule has 1 unspecified atom stereocenters. The summed E-state index contributed by atoms with van der Waals surface area (Å²) in [4.78, 5) is 12.0. The molecule has 0 fully saturated rings. The summed E-state index contributed by atoms with van der Waals surface area (Å²) < 4.78 is 6.34. The zero-order valence-electron chi connectivity index (χ0n) is 11.2. The summed E-state index contributed by atoms with van der Waals surface area (Å²) >= 11 is 3.43. The summed E-state index contributed by atoms with van der Waals surface area (Å²) in [6.07, 6.45) is -0.804. The van der Waals surface area contributed by atoms with Crippen LogP contribution in [0.1, 0.15) is 27.6 Å². The molecular formula is C16H14BrNO3. The lowest BCUT2D eigenvalue weighted by molar-refractivity contribution is 0.0957. The Morgan fingerprint density at radius 1 is 1.24 bits per heavy atom. The molecule has 2 aromatic carbocycles. The third kappa shape index (κ3) is 2.80. The molecule has 0 aromatic heterocycles. The van der Waals surface area contributed by atoms with Gasteiger partial charge >= 0.3 is 0 Å². The van der Waals surface area contributed by atoms with E-state index in [1.165, 1.54) is 0 Å². The van der Waals surface area contributed by atoms with E-state index in [1.807, 2.05) is 24.3 Å². The Morgan fingerprint density at radius 2 is 2.05 bits per heavy atom. The van der Waals surface area contributed by atoms with Crippen molar-refractivity contribution in [1.29, 1.82) is 0 Å². The van der Waals surface area contributed by atoms with E-state index in [4.69, 9.17) is 4.74 Å². The molecule has 108 valence electrons. The van der Waals surface area contributed by atoms with Crippen molar-refractivity contribution < 1.29 is 14.6 Å². The van der Waals surface area contributed by atoms with Gasteiger partial charge in [-0.05, 0) is 29.3 Å².